The van der Waals surface area contributed by atoms with Crippen molar-refractivity contribution in [3.05, 3.63) is 31.3 Å². The van der Waals surface area contributed by atoms with Gasteiger partial charge in [0.1, 0.15) is 48.8 Å². The first-order chi connectivity index (χ1) is 49.0. The first kappa shape index (κ1) is 107. The fourth-order valence-corrected chi connectivity index (χ4v) is 9.52. The maximum atomic E-state index is 11.4. The van der Waals surface area contributed by atoms with Crippen LogP contribution in [-0.4, -0.2) is 341 Å². The molecule has 0 radical (unpaired) electrons. The van der Waals surface area contributed by atoms with Crippen LogP contribution in [0.25, 0.3) is 31.3 Å². The third kappa shape index (κ3) is 48.0. The van der Waals surface area contributed by atoms with Crippen molar-refractivity contribution in [2.24, 2.45) is 44.7 Å². The first-order valence-corrected chi connectivity index (χ1v) is 33.7. The molecule has 0 aromatic carbocycles. The summed E-state index contributed by atoms with van der Waals surface area (Å²) in [6.07, 6.45) is -13.3. The average molecular weight is 1530 g/mol. The topological polar surface area (TPSA) is 595 Å². The van der Waals surface area contributed by atoms with Crippen molar-refractivity contribution in [1.82, 2.24) is 0 Å². The number of hydrogen-bond acceptors (Lipinski definition) is 35. The molecule has 8 unspecified atom stereocenters. The average Bonchev–Trinajstić information content (AvgIpc) is 0.834. The van der Waals surface area contributed by atoms with Gasteiger partial charge in [0.2, 0.25) is 6.29 Å². The zero-order valence-corrected chi connectivity index (χ0v) is 63.5. The van der Waals surface area contributed by atoms with E-state index in [4.69, 9.17) is 128 Å². The Labute approximate surface area is 631 Å². The molecule has 0 aromatic heterocycles. The maximum absolute atomic E-state index is 11.4. The van der Waals surface area contributed by atoms with Crippen molar-refractivity contribution in [3.63, 3.8) is 0 Å². The van der Waals surface area contributed by atoms with Crippen molar-refractivity contribution in [1.29, 1.82) is 0 Å². The van der Waals surface area contributed by atoms with E-state index in [9.17, 15) is 45.0 Å². The Bertz CT molecular complexity index is 2230. The fourth-order valence-electron chi connectivity index (χ4n) is 9.52. The van der Waals surface area contributed by atoms with Gasteiger partial charge in [0.25, 0.3) is 0 Å². The van der Waals surface area contributed by atoms with Crippen molar-refractivity contribution in [2.75, 3.05) is 179 Å². The Morgan fingerprint density at radius 2 is 0.683 bits per heavy atom. The van der Waals surface area contributed by atoms with Gasteiger partial charge in [0, 0.05) is 73.5 Å². The molecular formula is C62H121N10NaO31. The summed E-state index contributed by atoms with van der Waals surface area (Å²) in [4.78, 5) is 41.4. The zero-order valence-electron chi connectivity index (χ0n) is 61.5. The molecule has 4 heterocycles. The second kappa shape index (κ2) is 69.7. The Balaban J connectivity index is -0.000000604. The molecule has 11 N–H and O–H groups in total. The number of ether oxygens (including phenoxy) is 18. The number of hydrogen-bond donors (Lipinski definition) is 10. The van der Waals surface area contributed by atoms with E-state index in [0.29, 0.717) is 119 Å². The summed E-state index contributed by atoms with van der Waals surface area (Å²) in [5.74, 6) is -0.419. The minimum absolute atomic E-state index is 0. The Hall–Kier alpha value is -3.70. The van der Waals surface area contributed by atoms with Crippen LogP contribution in [0.4, 0.5) is 0 Å². The van der Waals surface area contributed by atoms with Crippen LogP contribution in [0.3, 0.4) is 0 Å². The molecule has 4 rings (SSSR count). The summed E-state index contributed by atoms with van der Waals surface area (Å²) >= 11 is 0. The van der Waals surface area contributed by atoms with Crippen molar-refractivity contribution < 1.29 is 180 Å². The molecule has 0 saturated carbocycles. The molecular weight excluding hydrogens is 1400 g/mol. The van der Waals surface area contributed by atoms with E-state index in [0.717, 1.165) is 20.0 Å². The number of carbonyl (C=O) groups excluding carboxylic acids is 3. The standard InChI is InChI=1S/C17H31N3O6.C13H22O5.C12H23N3O8.C12H25NO8.C6H13N3O3.CH3O.CH4.Na/c1-5-15-12(2)13(3)16(25-14(4)21)17(26-15)24-11-10-23-9-8-22-7-6-19-20-18;1-6-11-7(2)8(3)12(16-9(4)14)13(18-11)17-10(5)15;13-15-14-1-2-20-3-4-21-5-6-22-12-11(19)10(18)9(17)8(7-16)23-12;13-1-2-18-3-4-19-5-6-20-12-11(17)10(16)9(15)8(7-14)21-12;7-9-8-1-3-11-5-6-12-4-2-10;1-2;;/h12-13,15-17H,5-11H2,1-4H3;7-8,11-13H,6H2,1-5H3;8-12,16-19H,1-7H2;8-12,14-17H,1-7,13H2;10H,1-6H2;1H3;1H4;/q;;;;;-1;;+1/t12-,13-,15?,16?,17-;7-,8-,11?,12?,13-;2*8?,9-,10+,11?,12+;;;;/m0011..../s1. The second-order valence-corrected chi connectivity index (χ2v) is 22.4. The molecule has 0 amide bonds. The van der Waals surface area contributed by atoms with E-state index in [-0.39, 0.29) is 118 Å². The summed E-state index contributed by atoms with van der Waals surface area (Å²) in [6, 6.07) is 0. The van der Waals surface area contributed by atoms with E-state index < -0.39 is 111 Å². The van der Waals surface area contributed by atoms with Gasteiger partial charge in [-0.1, -0.05) is 64.3 Å². The number of rotatable bonds is 44. The summed E-state index contributed by atoms with van der Waals surface area (Å²) in [5.41, 5.74) is 29.3. The van der Waals surface area contributed by atoms with E-state index in [1.165, 1.54) is 20.8 Å². The molecule has 20 atom stereocenters. The summed E-state index contributed by atoms with van der Waals surface area (Å²) in [6.45, 7) is 23.3. The third-order valence-electron chi connectivity index (χ3n) is 15.1. The smallest absolute Gasteiger partial charge is 0.857 e. The van der Waals surface area contributed by atoms with Crippen LogP contribution >= 0.6 is 0 Å². The second-order valence-electron chi connectivity index (χ2n) is 22.4. The molecule has 606 valence electrons. The van der Waals surface area contributed by atoms with E-state index >= 15 is 0 Å². The Morgan fingerprint density at radius 1 is 0.404 bits per heavy atom. The van der Waals surface area contributed by atoms with Crippen LogP contribution in [0.1, 0.15) is 82.6 Å². The van der Waals surface area contributed by atoms with Gasteiger partial charge in [0.15, 0.2) is 31.1 Å². The van der Waals surface area contributed by atoms with Crippen LogP contribution in [0.15, 0.2) is 15.3 Å². The van der Waals surface area contributed by atoms with Gasteiger partial charge in [-0.25, -0.2) is 0 Å². The Morgan fingerprint density at radius 3 is 0.981 bits per heavy atom. The van der Waals surface area contributed by atoms with Gasteiger partial charge in [-0.15, -0.1) is 0 Å². The molecule has 4 saturated heterocycles. The van der Waals surface area contributed by atoms with Crippen LogP contribution < -0.4 is 40.4 Å². The van der Waals surface area contributed by atoms with Crippen LogP contribution in [0, 0.1) is 23.7 Å². The van der Waals surface area contributed by atoms with Crippen LogP contribution in [-0.2, 0) is 99.6 Å². The Kier molecular flexibility index (Phi) is 71.5. The zero-order chi connectivity index (χ0) is 77.0. The van der Waals surface area contributed by atoms with Crippen molar-refractivity contribution in [2.45, 2.75) is 181 Å². The minimum Gasteiger partial charge on any atom is -0.857 e. The first-order valence-electron chi connectivity index (χ1n) is 33.7. The number of aliphatic hydroxyl groups is 9. The van der Waals surface area contributed by atoms with Gasteiger partial charge in [0.05, 0.1) is 158 Å². The number of azide groups is 3. The molecule has 4 aliphatic rings. The number of carbonyl (C=O) groups is 3. The van der Waals surface area contributed by atoms with E-state index in [1.54, 1.807) is 0 Å². The molecule has 0 aliphatic carbocycles. The van der Waals surface area contributed by atoms with Gasteiger partial charge in [-0.3, -0.25) is 14.4 Å². The van der Waals surface area contributed by atoms with Gasteiger partial charge in [-0.2, -0.15) is 7.11 Å². The van der Waals surface area contributed by atoms with Crippen LogP contribution in [0.2, 0.25) is 0 Å². The van der Waals surface area contributed by atoms with Gasteiger partial charge in [-0.05, 0) is 41.3 Å². The molecule has 42 heteroatoms. The molecule has 0 spiro atoms. The van der Waals surface area contributed by atoms with E-state index in [1.807, 2.05) is 13.8 Å². The van der Waals surface area contributed by atoms with Crippen molar-refractivity contribution in [3.8, 4) is 0 Å². The molecule has 4 aliphatic heterocycles. The number of nitrogens with zero attached hydrogens (tertiary/aromatic N) is 9. The molecule has 4 fully saturated rings. The summed E-state index contributed by atoms with van der Waals surface area (Å²) < 4.78 is 95.3. The normalized spacial score (nSPS) is 28.0. The summed E-state index contributed by atoms with van der Waals surface area (Å²) in [5, 5.41) is 102. The largest absolute Gasteiger partial charge is 1.00 e. The third-order valence-corrected chi connectivity index (χ3v) is 15.1. The quantitative estimate of drug-likeness (QED) is 0.00537. The maximum Gasteiger partial charge on any atom is 1.00 e. The fraction of sp³-hybridized carbons (Fsp3) is 0.952. The van der Waals surface area contributed by atoms with Gasteiger partial charge < -0.3 is 142 Å². The molecule has 0 bridgehead atoms. The van der Waals surface area contributed by atoms with Gasteiger partial charge >= 0.3 is 47.5 Å². The number of esters is 3. The predicted octanol–water partition coefficient (Wildman–Crippen LogP) is -3.55. The molecule has 41 nitrogen and oxygen atoms in total. The molecule has 0 aromatic rings. The van der Waals surface area contributed by atoms with E-state index in [2.05, 4.69) is 57.8 Å². The van der Waals surface area contributed by atoms with Crippen LogP contribution in [0.5, 0.6) is 0 Å². The van der Waals surface area contributed by atoms with Crippen molar-refractivity contribution >= 4 is 17.9 Å². The predicted molar refractivity (Wildman–Crippen MR) is 360 cm³/mol. The minimum atomic E-state index is -1.46. The monoisotopic (exact) mass is 1520 g/mol. The molecule has 104 heavy (non-hydrogen) atoms. The summed E-state index contributed by atoms with van der Waals surface area (Å²) in [7, 11) is 0.750. The SMILES string of the molecule is C.CCC1O[C@H](OC(C)=O)C(OC(C)=O)[C@@H](C)[C@@H]1C.CCC1O[C@H](OCCOCCOCCN=[N+]=[N-])C(OC(C)=O)[C@@H](C)[C@@H]1C.C[O-].NCCOCCOCCO[C@H]1OC(CO)[C@@H](O)[C@H](O)C1O.[N-]=[N+]=NCCOCCOCCO.[N-]=[N+]=NCCOCCOCCO[C@H]1OC(CO)[C@@H](O)[C@H](O)C1O.[Na+]. The number of nitrogens with two attached hydrogens (primary N) is 1. The number of aliphatic hydroxyl groups excluding tert-OH is 9.